The number of hydrogen-bond acceptors (Lipinski definition) is 3. The summed E-state index contributed by atoms with van der Waals surface area (Å²) in [6.07, 6.45) is 0. The van der Waals surface area contributed by atoms with Gasteiger partial charge in [-0.05, 0) is 49.2 Å². The second kappa shape index (κ2) is 5.75. The van der Waals surface area contributed by atoms with E-state index in [1.165, 1.54) is 12.1 Å². The summed E-state index contributed by atoms with van der Waals surface area (Å²) in [7, 11) is -3.80. The third kappa shape index (κ3) is 3.43. The number of halogens is 2. The lowest BCUT2D eigenvalue weighted by Crippen LogP contribution is -2.15. The number of anilines is 2. The molecule has 0 bridgehead atoms. The molecule has 0 saturated heterocycles. The van der Waals surface area contributed by atoms with Crippen molar-refractivity contribution in [2.45, 2.75) is 18.7 Å². The molecule has 2 aromatic rings. The van der Waals surface area contributed by atoms with E-state index < -0.39 is 10.0 Å². The molecule has 7 heteroatoms. The van der Waals surface area contributed by atoms with Crippen molar-refractivity contribution in [1.29, 1.82) is 0 Å². The van der Waals surface area contributed by atoms with E-state index >= 15 is 0 Å². The molecule has 112 valence electrons. The van der Waals surface area contributed by atoms with Crippen molar-refractivity contribution in [1.82, 2.24) is 0 Å². The second-order valence-corrected chi connectivity index (χ2v) is 7.19. The molecule has 0 fully saturated rings. The zero-order chi connectivity index (χ0) is 15.8. The van der Waals surface area contributed by atoms with Gasteiger partial charge in [-0.2, -0.15) is 0 Å². The predicted octanol–water partition coefficient (Wildman–Crippen LogP) is 3.99. The topological polar surface area (TPSA) is 72.2 Å². The standard InChI is InChI=1S/C14H14Cl2N2O2S/c1-8-3-4-10(15)13(5-8)18-21(19,20)14-7-12(17)11(16)6-9(14)2/h3-7,18H,17H2,1-2H3. The number of aryl methyl sites for hydroxylation is 2. The van der Waals surface area contributed by atoms with E-state index in [0.29, 0.717) is 21.3 Å². The molecule has 21 heavy (non-hydrogen) atoms. The first kappa shape index (κ1) is 15.9. The van der Waals surface area contributed by atoms with Crippen LogP contribution in [0.4, 0.5) is 11.4 Å². The van der Waals surface area contributed by atoms with Crippen LogP contribution in [-0.4, -0.2) is 8.42 Å². The van der Waals surface area contributed by atoms with Crippen LogP contribution in [-0.2, 0) is 10.0 Å². The molecule has 0 aliphatic rings. The average molecular weight is 345 g/mol. The van der Waals surface area contributed by atoms with Crippen LogP contribution in [0.15, 0.2) is 35.2 Å². The molecule has 0 aliphatic carbocycles. The minimum Gasteiger partial charge on any atom is -0.397 e. The summed E-state index contributed by atoms with van der Waals surface area (Å²) in [5.74, 6) is 0. The molecule has 4 nitrogen and oxygen atoms in total. The van der Waals surface area contributed by atoms with Gasteiger partial charge in [-0.25, -0.2) is 8.42 Å². The molecule has 3 N–H and O–H groups in total. The van der Waals surface area contributed by atoms with E-state index in [1.807, 2.05) is 6.92 Å². The van der Waals surface area contributed by atoms with Gasteiger partial charge in [0.2, 0.25) is 0 Å². The molecular formula is C14H14Cl2N2O2S. The summed E-state index contributed by atoms with van der Waals surface area (Å²) in [5, 5.41) is 0.642. The van der Waals surface area contributed by atoms with Gasteiger partial charge in [0.15, 0.2) is 0 Å². The number of benzene rings is 2. The fourth-order valence-corrected chi connectivity index (χ4v) is 3.65. The van der Waals surface area contributed by atoms with Crippen LogP contribution < -0.4 is 10.5 Å². The molecule has 0 saturated carbocycles. The SMILES string of the molecule is Cc1ccc(Cl)c(NS(=O)(=O)c2cc(N)c(Cl)cc2C)c1. The van der Waals surface area contributed by atoms with Gasteiger partial charge in [-0.15, -0.1) is 0 Å². The fourth-order valence-electron chi connectivity index (χ4n) is 1.88. The highest BCUT2D eigenvalue weighted by molar-refractivity contribution is 7.92. The van der Waals surface area contributed by atoms with Crippen molar-refractivity contribution in [2.24, 2.45) is 0 Å². The zero-order valence-corrected chi connectivity index (χ0v) is 13.8. The van der Waals surface area contributed by atoms with Gasteiger partial charge >= 0.3 is 0 Å². The van der Waals surface area contributed by atoms with Crippen LogP contribution >= 0.6 is 23.2 Å². The summed E-state index contributed by atoms with van der Waals surface area (Å²) in [5.41, 5.74) is 7.61. The molecule has 0 heterocycles. The van der Waals surface area contributed by atoms with Crippen molar-refractivity contribution in [3.63, 3.8) is 0 Å². The Morgan fingerprint density at radius 1 is 1.05 bits per heavy atom. The monoisotopic (exact) mass is 344 g/mol. The van der Waals surface area contributed by atoms with Crippen molar-refractivity contribution in [2.75, 3.05) is 10.5 Å². The molecular weight excluding hydrogens is 331 g/mol. The Morgan fingerprint density at radius 3 is 2.38 bits per heavy atom. The highest BCUT2D eigenvalue weighted by atomic mass is 35.5. The van der Waals surface area contributed by atoms with Gasteiger partial charge in [0.05, 0.1) is 26.3 Å². The van der Waals surface area contributed by atoms with Gasteiger partial charge in [-0.1, -0.05) is 29.3 Å². The fraction of sp³-hybridized carbons (Fsp3) is 0.143. The lowest BCUT2D eigenvalue weighted by molar-refractivity contribution is 0.600. The molecule has 2 aromatic carbocycles. The number of nitrogen functional groups attached to an aromatic ring is 1. The minimum atomic E-state index is -3.80. The first-order chi connectivity index (χ1) is 9.70. The first-order valence-corrected chi connectivity index (χ1v) is 8.29. The molecule has 0 atom stereocenters. The van der Waals surface area contributed by atoms with Crippen LogP contribution in [0.2, 0.25) is 10.0 Å². The first-order valence-electron chi connectivity index (χ1n) is 6.05. The Bertz CT molecular complexity index is 805. The van der Waals surface area contributed by atoms with Crippen molar-refractivity contribution in [3.8, 4) is 0 Å². The summed E-state index contributed by atoms with van der Waals surface area (Å²) in [4.78, 5) is 0.0713. The second-order valence-electron chi connectivity index (χ2n) is 4.73. The summed E-state index contributed by atoms with van der Waals surface area (Å²) < 4.78 is 27.4. The van der Waals surface area contributed by atoms with E-state index in [2.05, 4.69) is 4.72 Å². The maximum atomic E-state index is 12.5. The normalized spacial score (nSPS) is 11.4. The van der Waals surface area contributed by atoms with Crippen LogP contribution in [0.3, 0.4) is 0 Å². The third-order valence-corrected chi connectivity index (χ3v) is 5.11. The van der Waals surface area contributed by atoms with E-state index in [9.17, 15) is 8.42 Å². The Kier molecular flexibility index (Phi) is 4.37. The van der Waals surface area contributed by atoms with Gasteiger partial charge in [0.25, 0.3) is 10.0 Å². The summed E-state index contributed by atoms with van der Waals surface area (Å²) in [6, 6.07) is 7.95. The maximum Gasteiger partial charge on any atom is 0.262 e. The van der Waals surface area contributed by atoms with Crippen LogP contribution in [0, 0.1) is 13.8 Å². The Morgan fingerprint density at radius 2 is 1.71 bits per heavy atom. The molecule has 0 radical (unpaired) electrons. The molecule has 0 spiro atoms. The predicted molar refractivity (Wildman–Crippen MR) is 87.6 cm³/mol. The smallest absolute Gasteiger partial charge is 0.262 e. The highest BCUT2D eigenvalue weighted by Crippen LogP contribution is 2.30. The van der Waals surface area contributed by atoms with E-state index in [1.54, 1.807) is 25.1 Å². The number of nitrogens with two attached hydrogens (primary N) is 1. The van der Waals surface area contributed by atoms with Gasteiger partial charge < -0.3 is 5.73 Å². The third-order valence-electron chi connectivity index (χ3n) is 2.95. The van der Waals surface area contributed by atoms with Gasteiger partial charge in [0.1, 0.15) is 0 Å². The maximum absolute atomic E-state index is 12.5. The Hall–Kier alpha value is -1.43. The van der Waals surface area contributed by atoms with Gasteiger partial charge in [-0.3, -0.25) is 4.72 Å². The number of sulfonamides is 1. The molecule has 0 unspecified atom stereocenters. The number of nitrogens with one attached hydrogen (secondary N) is 1. The lowest BCUT2D eigenvalue weighted by atomic mass is 10.2. The lowest BCUT2D eigenvalue weighted by Gasteiger charge is -2.13. The Labute approximate surface area is 133 Å². The Balaban J connectivity index is 2.48. The van der Waals surface area contributed by atoms with E-state index in [-0.39, 0.29) is 10.6 Å². The molecule has 2 rings (SSSR count). The number of hydrogen-bond donors (Lipinski definition) is 2. The largest absolute Gasteiger partial charge is 0.397 e. The summed E-state index contributed by atoms with van der Waals surface area (Å²) >= 11 is 11.9. The van der Waals surface area contributed by atoms with Crippen LogP contribution in [0.25, 0.3) is 0 Å². The van der Waals surface area contributed by atoms with Crippen molar-refractivity contribution < 1.29 is 8.42 Å². The quantitative estimate of drug-likeness (QED) is 0.826. The number of rotatable bonds is 3. The highest BCUT2D eigenvalue weighted by Gasteiger charge is 2.19. The zero-order valence-electron chi connectivity index (χ0n) is 11.4. The van der Waals surface area contributed by atoms with E-state index in [4.69, 9.17) is 28.9 Å². The minimum absolute atomic E-state index is 0.0713. The summed E-state index contributed by atoms with van der Waals surface area (Å²) in [6.45, 7) is 3.50. The van der Waals surface area contributed by atoms with E-state index in [0.717, 1.165) is 5.56 Å². The molecule has 0 amide bonds. The van der Waals surface area contributed by atoms with Crippen molar-refractivity contribution in [3.05, 3.63) is 51.5 Å². The van der Waals surface area contributed by atoms with Crippen LogP contribution in [0.1, 0.15) is 11.1 Å². The molecule has 0 aromatic heterocycles. The van der Waals surface area contributed by atoms with Gasteiger partial charge in [0, 0.05) is 0 Å². The average Bonchev–Trinajstić information content (AvgIpc) is 2.37. The van der Waals surface area contributed by atoms with Crippen molar-refractivity contribution >= 4 is 44.6 Å². The van der Waals surface area contributed by atoms with Crippen LogP contribution in [0.5, 0.6) is 0 Å². The molecule has 0 aliphatic heterocycles.